The van der Waals surface area contributed by atoms with E-state index in [0.717, 1.165) is 21.6 Å². The number of nitrogens with two attached hydrogens (primary N) is 1. The summed E-state index contributed by atoms with van der Waals surface area (Å²) >= 11 is 9.53. The summed E-state index contributed by atoms with van der Waals surface area (Å²) in [6, 6.07) is 17.1. The summed E-state index contributed by atoms with van der Waals surface area (Å²) in [5.74, 6) is 0. The van der Waals surface area contributed by atoms with E-state index in [1.807, 2.05) is 76.2 Å². The van der Waals surface area contributed by atoms with Crippen molar-refractivity contribution in [3.63, 3.8) is 0 Å². The van der Waals surface area contributed by atoms with Crippen LogP contribution in [0.5, 0.6) is 0 Å². The summed E-state index contributed by atoms with van der Waals surface area (Å²) in [5.41, 5.74) is 11.5. The third-order valence-electron chi connectivity index (χ3n) is 4.04. The number of aryl methyl sites for hydroxylation is 4. The molecular formula is C27H33Cl2N6O+. The second-order valence-corrected chi connectivity index (χ2v) is 8.05. The summed E-state index contributed by atoms with van der Waals surface area (Å²) in [5, 5.41) is 17.2. The highest BCUT2D eigenvalue weighted by molar-refractivity contribution is 6.40. The molecule has 3 N–H and O–H groups in total. The van der Waals surface area contributed by atoms with E-state index in [4.69, 9.17) is 39.4 Å². The molecule has 0 aliphatic carbocycles. The van der Waals surface area contributed by atoms with E-state index in [1.165, 1.54) is 11.1 Å². The maximum atomic E-state index is 8.67. The van der Waals surface area contributed by atoms with Gasteiger partial charge < -0.3 is 5.73 Å². The van der Waals surface area contributed by atoms with Gasteiger partial charge in [-0.3, -0.25) is 15.2 Å². The fourth-order valence-corrected chi connectivity index (χ4v) is 2.23. The normalized spacial score (nSPS) is 8.72. The number of hydrogen-bond acceptors (Lipinski definition) is 6. The molecule has 4 heterocycles. The number of halogens is 2. The Kier molecular flexibility index (Phi) is 18.7. The first-order valence-electron chi connectivity index (χ1n) is 10.9. The molecule has 0 aliphatic rings. The molecule has 4 aromatic rings. The van der Waals surface area contributed by atoms with Crippen LogP contribution in [0.1, 0.15) is 33.6 Å². The summed E-state index contributed by atoms with van der Waals surface area (Å²) in [7, 11) is 0. The van der Waals surface area contributed by atoms with Crippen molar-refractivity contribution in [2.24, 2.45) is 5.73 Å². The van der Waals surface area contributed by atoms with Gasteiger partial charge in [0.25, 0.3) is 0 Å². The van der Waals surface area contributed by atoms with Gasteiger partial charge in [-0.1, -0.05) is 0 Å². The van der Waals surface area contributed by atoms with Crippen LogP contribution < -0.4 is 10.5 Å². The second-order valence-electron chi connectivity index (χ2n) is 7.24. The number of rotatable bonds is 1. The maximum absolute atomic E-state index is 8.67. The molecule has 190 valence electrons. The number of nitriles is 1. The van der Waals surface area contributed by atoms with E-state index in [9.17, 15) is 0 Å². The van der Waals surface area contributed by atoms with Crippen LogP contribution in [0.3, 0.4) is 0 Å². The molecule has 0 spiro atoms. The predicted molar refractivity (Wildman–Crippen MR) is 145 cm³/mol. The van der Waals surface area contributed by atoms with Gasteiger partial charge in [0, 0.05) is 48.2 Å². The molecule has 0 atom stereocenters. The number of nitrogens with zero attached hydrogens (tertiary/aromatic N) is 5. The van der Waals surface area contributed by atoms with Gasteiger partial charge in [-0.05, 0) is 86.3 Å². The fourth-order valence-electron chi connectivity index (χ4n) is 2.23. The van der Waals surface area contributed by atoms with E-state index in [-0.39, 0.29) is 5.34 Å². The Morgan fingerprint density at radius 1 is 0.806 bits per heavy atom. The Morgan fingerprint density at radius 2 is 1.28 bits per heavy atom. The lowest BCUT2D eigenvalue weighted by molar-refractivity contribution is -0.904. The zero-order valence-electron chi connectivity index (χ0n) is 21.0. The zero-order valence-corrected chi connectivity index (χ0v) is 22.5. The van der Waals surface area contributed by atoms with Gasteiger partial charge in [-0.15, -0.1) is 23.2 Å². The molecule has 9 heteroatoms. The van der Waals surface area contributed by atoms with Crippen LogP contribution in [0.4, 0.5) is 0 Å². The predicted octanol–water partition coefficient (Wildman–Crippen LogP) is 5.44. The maximum Gasteiger partial charge on any atom is 0.222 e. The van der Waals surface area contributed by atoms with Gasteiger partial charge >= 0.3 is 0 Å². The van der Waals surface area contributed by atoms with Crippen molar-refractivity contribution in [1.29, 1.82) is 5.26 Å². The van der Waals surface area contributed by atoms with Gasteiger partial charge in [0.2, 0.25) is 12.4 Å². The summed E-state index contributed by atoms with van der Waals surface area (Å²) in [4.78, 5) is 11.7. The van der Waals surface area contributed by atoms with Gasteiger partial charge in [0.1, 0.15) is 11.8 Å². The Labute approximate surface area is 223 Å². The van der Waals surface area contributed by atoms with Crippen LogP contribution in [0.15, 0.2) is 85.7 Å². The van der Waals surface area contributed by atoms with Crippen molar-refractivity contribution in [1.82, 2.24) is 15.0 Å². The highest BCUT2D eigenvalue weighted by Gasteiger charge is 1.90. The van der Waals surface area contributed by atoms with E-state index in [2.05, 4.69) is 15.0 Å². The highest BCUT2D eigenvalue weighted by Crippen LogP contribution is 1.97. The molecule has 0 fully saturated rings. The minimum atomic E-state index is 0.194. The molecule has 4 rings (SSSR count). The molecule has 0 radical (unpaired) electrons. The molecule has 7 nitrogen and oxygen atoms in total. The Hall–Kier alpha value is -3.57. The molecule has 0 unspecified atom stereocenters. The van der Waals surface area contributed by atoms with Crippen LogP contribution in [0.2, 0.25) is 0 Å². The number of pyridine rings is 4. The largest absolute Gasteiger partial charge is 0.325 e. The van der Waals surface area contributed by atoms with Crippen LogP contribution >= 0.6 is 23.2 Å². The third-order valence-corrected chi connectivity index (χ3v) is 4.04. The van der Waals surface area contributed by atoms with Crippen LogP contribution in [-0.2, 0) is 6.54 Å². The monoisotopic (exact) mass is 527 g/mol. The molecule has 36 heavy (non-hydrogen) atoms. The zero-order chi connectivity index (χ0) is 27.2. The lowest BCUT2D eigenvalue weighted by atomic mass is 10.2. The van der Waals surface area contributed by atoms with Crippen LogP contribution in [-0.4, -0.2) is 25.5 Å². The minimum Gasteiger partial charge on any atom is -0.325 e. The van der Waals surface area contributed by atoms with Crippen molar-refractivity contribution in [3.8, 4) is 6.07 Å². The Morgan fingerprint density at radius 3 is 1.61 bits per heavy atom. The summed E-state index contributed by atoms with van der Waals surface area (Å²) in [6.45, 7) is 8.51. The quantitative estimate of drug-likeness (QED) is 0.193. The highest BCUT2D eigenvalue weighted by atomic mass is 35.5. The van der Waals surface area contributed by atoms with Gasteiger partial charge in [0.15, 0.2) is 0 Å². The fraction of sp³-hybridized carbons (Fsp3) is 0.222. The lowest BCUT2D eigenvalue weighted by Gasteiger charge is -1.94. The SMILES string of the molecule is Cc1cc[n+](O)cc1.Cc1ccnc(C#N)c1.Cc1ccnc(CN)c1.Cc1ccncc1.ClCCl. The summed E-state index contributed by atoms with van der Waals surface area (Å²) in [6.07, 6.45) is 10.2. The molecule has 0 aromatic carbocycles. The topological polar surface area (TPSA) is 113 Å². The third kappa shape index (κ3) is 17.8. The molecule has 0 bridgehead atoms. The smallest absolute Gasteiger partial charge is 0.222 e. The Bertz CT molecular complexity index is 1120. The molecule has 0 amide bonds. The number of alkyl halides is 2. The van der Waals surface area contributed by atoms with Crippen molar-refractivity contribution in [3.05, 3.63) is 119 Å². The van der Waals surface area contributed by atoms with Gasteiger partial charge in [-0.2, -0.15) is 5.26 Å². The molecule has 4 aromatic heterocycles. The van der Waals surface area contributed by atoms with Gasteiger partial charge in [-0.25, -0.2) is 4.98 Å². The molecule has 0 aliphatic heterocycles. The van der Waals surface area contributed by atoms with Crippen LogP contribution in [0, 0.1) is 39.0 Å². The number of aromatic nitrogens is 4. The van der Waals surface area contributed by atoms with Crippen molar-refractivity contribution < 1.29 is 9.94 Å². The van der Waals surface area contributed by atoms with Crippen molar-refractivity contribution in [2.45, 2.75) is 34.2 Å². The summed E-state index contributed by atoms with van der Waals surface area (Å²) < 4.78 is 1.02. The molecule has 0 saturated heterocycles. The van der Waals surface area contributed by atoms with E-state index in [0.29, 0.717) is 12.2 Å². The first kappa shape index (κ1) is 32.4. The first-order chi connectivity index (χ1) is 17.2. The average Bonchev–Trinajstić information content (AvgIpc) is 2.88. The van der Waals surface area contributed by atoms with Crippen molar-refractivity contribution >= 4 is 23.2 Å². The van der Waals surface area contributed by atoms with Gasteiger partial charge in [0.05, 0.1) is 11.0 Å². The standard InChI is InChI=1S/C7H10N2.C7H6N2.C6H8NO.C6H7N.CH2Cl2/c2*1-6-2-3-9-7(4-6)5-8;1-6-2-4-7(8)5-3-6;1-6-2-4-7-5-3-6;2-1-3/h2-4H,5,8H2,1H3;2-4H,1H3;2-5,8H,1H3;2-5H,1H3;1H2/q;;+1;;. The molecular weight excluding hydrogens is 495 g/mol. The van der Waals surface area contributed by atoms with E-state index < -0.39 is 0 Å². The van der Waals surface area contributed by atoms with Crippen molar-refractivity contribution in [2.75, 3.05) is 5.34 Å². The minimum absolute atomic E-state index is 0.194. The second kappa shape index (κ2) is 20.8. The first-order valence-corrected chi connectivity index (χ1v) is 11.9. The Balaban J connectivity index is 0.000000439. The average molecular weight is 529 g/mol. The lowest BCUT2D eigenvalue weighted by Crippen LogP contribution is -2.27. The molecule has 0 saturated carbocycles. The number of hydrogen-bond donors (Lipinski definition) is 2. The van der Waals surface area contributed by atoms with Crippen LogP contribution in [0.25, 0.3) is 0 Å². The van der Waals surface area contributed by atoms with E-state index in [1.54, 1.807) is 43.2 Å². The van der Waals surface area contributed by atoms with E-state index >= 15 is 0 Å².